The van der Waals surface area contributed by atoms with E-state index in [1.165, 1.54) is 11.3 Å². The lowest BCUT2D eigenvalue weighted by Crippen LogP contribution is -2.09. The van der Waals surface area contributed by atoms with Crippen LogP contribution in [0.4, 0.5) is 0 Å². The molecule has 1 aliphatic heterocycles. The molecule has 0 radical (unpaired) electrons. The highest BCUT2D eigenvalue weighted by atomic mass is 14.7. The van der Waals surface area contributed by atoms with Crippen molar-refractivity contribution in [1.82, 2.24) is 0 Å². The molecule has 1 aliphatic rings. The molecule has 0 spiro atoms. The van der Waals surface area contributed by atoms with Crippen molar-refractivity contribution in [2.75, 3.05) is 6.54 Å². The molecule has 1 atom stereocenters. The molecule has 0 fully saturated rings. The monoisotopic (exact) mass is 123 g/mol. The summed E-state index contributed by atoms with van der Waals surface area (Å²) in [5.74, 6) is 0.661. The summed E-state index contributed by atoms with van der Waals surface area (Å²) in [7, 11) is 0. The van der Waals surface area contributed by atoms with Crippen LogP contribution in [0.3, 0.4) is 0 Å². The van der Waals surface area contributed by atoms with Gasteiger partial charge in [0.2, 0.25) is 0 Å². The fourth-order valence-electron chi connectivity index (χ4n) is 0.942. The zero-order valence-electron chi connectivity index (χ0n) is 6.31. The molecule has 0 aromatic carbocycles. The molecule has 1 heteroatoms. The molecular weight excluding hydrogens is 110 g/mol. The molecule has 0 amide bonds. The number of hydrogen-bond acceptors (Lipinski definition) is 1. The van der Waals surface area contributed by atoms with Crippen molar-refractivity contribution >= 4 is 5.71 Å². The summed E-state index contributed by atoms with van der Waals surface area (Å²) in [5.41, 5.74) is 2.63. The normalized spacial score (nSPS) is 27.2. The number of nitrogens with zero attached hydrogens (tertiary/aromatic N) is 1. The summed E-state index contributed by atoms with van der Waals surface area (Å²) in [6.07, 6.45) is 2.16. The van der Waals surface area contributed by atoms with Gasteiger partial charge in [0.25, 0.3) is 0 Å². The maximum Gasteiger partial charge on any atom is 0.0455 e. The summed E-state index contributed by atoms with van der Waals surface area (Å²) in [4.78, 5) is 4.30. The smallest absolute Gasteiger partial charge is 0.0455 e. The molecule has 1 nitrogen and oxygen atoms in total. The van der Waals surface area contributed by atoms with E-state index in [4.69, 9.17) is 0 Å². The van der Waals surface area contributed by atoms with Gasteiger partial charge in [-0.1, -0.05) is 12.5 Å². The third-order valence-corrected chi connectivity index (χ3v) is 1.83. The van der Waals surface area contributed by atoms with E-state index in [-0.39, 0.29) is 0 Å². The number of hydrogen-bond donors (Lipinski definition) is 0. The Kier molecular flexibility index (Phi) is 1.70. The lowest BCUT2D eigenvalue weighted by Gasteiger charge is -2.13. The number of rotatable bonds is 0. The second-order valence-electron chi connectivity index (χ2n) is 2.77. The summed E-state index contributed by atoms with van der Waals surface area (Å²) < 4.78 is 0. The Morgan fingerprint density at radius 3 is 2.67 bits per heavy atom. The molecule has 1 rings (SSSR count). The predicted molar refractivity (Wildman–Crippen MR) is 40.9 cm³/mol. The van der Waals surface area contributed by atoms with E-state index in [0.717, 1.165) is 6.54 Å². The van der Waals surface area contributed by atoms with Crippen LogP contribution in [0.5, 0.6) is 0 Å². The van der Waals surface area contributed by atoms with Crippen LogP contribution in [0.2, 0.25) is 0 Å². The van der Waals surface area contributed by atoms with Crippen LogP contribution in [0.1, 0.15) is 20.8 Å². The van der Waals surface area contributed by atoms with Gasteiger partial charge in [0.05, 0.1) is 0 Å². The maximum absolute atomic E-state index is 4.30. The largest absolute Gasteiger partial charge is 0.289 e. The van der Waals surface area contributed by atoms with Crippen molar-refractivity contribution in [3.8, 4) is 0 Å². The Morgan fingerprint density at radius 2 is 2.22 bits per heavy atom. The first-order valence-electron chi connectivity index (χ1n) is 3.39. The Morgan fingerprint density at radius 1 is 1.56 bits per heavy atom. The van der Waals surface area contributed by atoms with Gasteiger partial charge in [-0.15, -0.1) is 0 Å². The van der Waals surface area contributed by atoms with E-state index in [2.05, 4.69) is 31.8 Å². The van der Waals surface area contributed by atoms with Gasteiger partial charge in [-0.05, 0) is 25.8 Å². The molecule has 0 aromatic heterocycles. The highest BCUT2D eigenvalue weighted by Crippen LogP contribution is 2.13. The van der Waals surface area contributed by atoms with Crippen LogP contribution < -0.4 is 0 Å². The van der Waals surface area contributed by atoms with E-state index >= 15 is 0 Å². The van der Waals surface area contributed by atoms with Gasteiger partial charge in [0.1, 0.15) is 0 Å². The second kappa shape index (κ2) is 2.34. The Balaban J connectivity index is 2.74. The van der Waals surface area contributed by atoms with Crippen LogP contribution >= 0.6 is 0 Å². The van der Waals surface area contributed by atoms with Crippen molar-refractivity contribution in [1.29, 1.82) is 0 Å². The third-order valence-electron chi connectivity index (χ3n) is 1.83. The van der Waals surface area contributed by atoms with Gasteiger partial charge >= 0.3 is 0 Å². The summed E-state index contributed by atoms with van der Waals surface area (Å²) >= 11 is 0. The van der Waals surface area contributed by atoms with Gasteiger partial charge in [0, 0.05) is 12.3 Å². The zero-order valence-corrected chi connectivity index (χ0v) is 6.31. The average Bonchev–Trinajstić information content (AvgIpc) is 1.80. The number of allylic oxidation sites excluding steroid dienone is 1. The highest BCUT2D eigenvalue weighted by Gasteiger charge is 2.06. The molecule has 0 bridgehead atoms. The Labute approximate surface area is 56.5 Å². The predicted octanol–water partition coefficient (Wildman–Crippen LogP) is 2.04. The van der Waals surface area contributed by atoms with Gasteiger partial charge in [0.15, 0.2) is 0 Å². The fourth-order valence-corrected chi connectivity index (χ4v) is 0.942. The van der Waals surface area contributed by atoms with Gasteiger partial charge in [-0.2, -0.15) is 0 Å². The Hall–Kier alpha value is -0.590. The fraction of sp³-hybridized carbons (Fsp3) is 0.625. The SMILES string of the molecule is CC1=CC(C)=NCC1C. The molecule has 0 saturated heterocycles. The van der Waals surface area contributed by atoms with Crippen LogP contribution in [-0.4, -0.2) is 12.3 Å². The van der Waals surface area contributed by atoms with Crippen molar-refractivity contribution in [3.63, 3.8) is 0 Å². The minimum atomic E-state index is 0.661. The number of aliphatic imine (C=N–C) groups is 1. The lowest BCUT2D eigenvalue weighted by atomic mass is 9.99. The summed E-state index contributed by atoms with van der Waals surface area (Å²) in [6.45, 7) is 7.41. The standard InChI is InChI=1S/C8H13N/c1-6-4-8(3)9-5-7(6)2/h4,7H,5H2,1-3H3. The molecule has 0 aliphatic carbocycles. The van der Waals surface area contributed by atoms with Gasteiger partial charge < -0.3 is 0 Å². The topological polar surface area (TPSA) is 12.4 Å². The average molecular weight is 123 g/mol. The first kappa shape index (κ1) is 6.53. The molecule has 0 saturated carbocycles. The quantitative estimate of drug-likeness (QED) is 0.467. The van der Waals surface area contributed by atoms with Crippen LogP contribution in [-0.2, 0) is 0 Å². The minimum Gasteiger partial charge on any atom is -0.289 e. The van der Waals surface area contributed by atoms with Crippen LogP contribution in [0.25, 0.3) is 0 Å². The highest BCUT2D eigenvalue weighted by molar-refractivity contribution is 5.94. The van der Waals surface area contributed by atoms with Gasteiger partial charge in [-0.3, -0.25) is 4.99 Å². The Bertz CT molecular complexity index is 165. The van der Waals surface area contributed by atoms with E-state index in [1.807, 2.05) is 0 Å². The minimum absolute atomic E-state index is 0.661. The van der Waals surface area contributed by atoms with Crippen molar-refractivity contribution in [3.05, 3.63) is 11.6 Å². The molecule has 0 aromatic rings. The molecule has 1 unspecified atom stereocenters. The lowest BCUT2D eigenvalue weighted by molar-refractivity contribution is 0.687. The van der Waals surface area contributed by atoms with Gasteiger partial charge in [-0.25, -0.2) is 0 Å². The zero-order chi connectivity index (χ0) is 6.85. The first-order valence-corrected chi connectivity index (χ1v) is 3.39. The summed E-state index contributed by atoms with van der Waals surface area (Å²) in [5, 5.41) is 0. The van der Waals surface area contributed by atoms with E-state index in [0.29, 0.717) is 5.92 Å². The van der Waals surface area contributed by atoms with Crippen LogP contribution in [0.15, 0.2) is 16.6 Å². The molecule has 1 heterocycles. The maximum atomic E-state index is 4.30. The molecule has 50 valence electrons. The first-order chi connectivity index (χ1) is 4.20. The molecule has 9 heavy (non-hydrogen) atoms. The van der Waals surface area contributed by atoms with Crippen molar-refractivity contribution in [2.24, 2.45) is 10.9 Å². The van der Waals surface area contributed by atoms with Crippen molar-refractivity contribution < 1.29 is 0 Å². The summed E-state index contributed by atoms with van der Waals surface area (Å²) in [6, 6.07) is 0. The molecule has 0 N–H and O–H groups in total. The van der Waals surface area contributed by atoms with E-state index in [9.17, 15) is 0 Å². The van der Waals surface area contributed by atoms with E-state index in [1.54, 1.807) is 0 Å². The third kappa shape index (κ3) is 1.41. The van der Waals surface area contributed by atoms with Crippen molar-refractivity contribution in [2.45, 2.75) is 20.8 Å². The molecular formula is C8H13N. The van der Waals surface area contributed by atoms with E-state index < -0.39 is 0 Å². The second-order valence-corrected chi connectivity index (χ2v) is 2.77. The number of dihydropyridines is 1. The van der Waals surface area contributed by atoms with Crippen LogP contribution in [0, 0.1) is 5.92 Å².